The second-order valence-corrected chi connectivity index (χ2v) is 9.12. The standard InChI is InChI=1S/C21H23BrN2O7S/c1-30-15-8-13(14(22)10-16(15)31-12-19(26)27)9-17-20(28)24(21(29)32-17)11-18(25)23-6-4-2-3-5-7-23/h8-10H,2-7,11-12H2,1H3,(H,26,27). The number of likely N-dealkylation sites (tertiary alicyclic amines) is 1. The van der Waals surface area contributed by atoms with Gasteiger partial charge in [0.25, 0.3) is 11.1 Å². The van der Waals surface area contributed by atoms with Crippen molar-refractivity contribution < 1.29 is 33.8 Å². The normalized spacial score (nSPS) is 18.1. The van der Waals surface area contributed by atoms with E-state index in [0.29, 0.717) is 23.1 Å². The van der Waals surface area contributed by atoms with Gasteiger partial charge in [-0.25, -0.2) is 4.79 Å². The molecular weight excluding hydrogens is 504 g/mol. The van der Waals surface area contributed by atoms with Crippen LogP contribution in [0.25, 0.3) is 6.08 Å². The number of rotatable bonds is 7. The SMILES string of the molecule is COc1cc(C=C2SC(=O)N(CC(=O)N3CCCCCC3)C2=O)c(Br)cc1OCC(=O)O. The van der Waals surface area contributed by atoms with E-state index in [4.69, 9.17) is 14.6 Å². The monoisotopic (exact) mass is 526 g/mol. The lowest BCUT2D eigenvalue weighted by Crippen LogP contribution is -2.42. The molecular formula is C21H23BrN2O7S. The van der Waals surface area contributed by atoms with Crippen molar-refractivity contribution in [3.8, 4) is 11.5 Å². The Morgan fingerprint density at radius 3 is 2.47 bits per heavy atom. The summed E-state index contributed by atoms with van der Waals surface area (Å²) in [7, 11) is 1.41. The third-order valence-electron chi connectivity index (χ3n) is 5.05. The number of methoxy groups -OCH3 is 1. The number of imide groups is 1. The summed E-state index contributed by atoms with van der Waals surface area (Å²) < 4.78 is 11.0. The number of aliphatic carboxylic acids is 1. The molecule has 3 amide bonds. The van der Waals surface area contributed by atoms with Crippen LogP contribution in [0.2, 0.25) is 0 Å². The molecule has 0 bridgehead atoms. The van der Waals surface area contributed by atoms with Crippen LogP contribution in [0.15, 0.2) is 21.5 Å². The van der Waals surface area contributed by atoms with Crippen molar-refractivity contribution in [2.45, 2.75) is 25.7 Å². The molecule has 2 aliphatic rings. The minimum Gasteiger partial charge on any atom is -0.493 e. The van der Waals surface area contributed by atoms with Crippen molar-refractivity contribution >= 4 is 56.8 Å². The van der Waals surface area contributed by atoms with Crippen molar-refractivity contribution in [2.75, 3.05) is 33.4 Å². The molecule has 0 atom stereocenters. The van der Waals surface area contributed by atoms with E-state index in [1.807, 2.05) is 0 Å². The first-order valence-electron chi connectivity index (χ1n) is 10.1. The Kier molecular flexibility index (Phi) is 8.19. The first-order chi connectivity index (χ1) is 15.3. The Morgan fingerprint density at radius 2 is 1.84 bits per heavy atom. The number of carbonyl (C=O) groups is 4. The van der Waals surface area contributed by atoms with Crippen LogP contribution in [0.1, 0.15) is 31.2 Å². The molecule has 0 aliphatic carbocycles. The average molecular weight is 527 g/mol. The van der Waals surface area contributed by atoms with Gasteiger partial charge < -0.3 is 19.5 Å². The molecule has 1 N–H and O–H groups in total. The predicted octanol–water partition coefficient (Wildman–Crippen LogP) is 3.36. The van der Waals surface area contributed by atoms with Crippen molar-refractivity contribution in [1.29, 1.82) is 0 Å². The zero-order valence-corrected chi connectivity index (χ0v) is 19.9. The van der Waals surface area contributed by atoms with Gasteiger partial charge in [-0.3, -0.25) is 19.3 Å². The van der Waals surface area contributed by atoms with E-state index in [-0.39, 0.29) is 28.9 Å². The van der Waals surface area contributed by atoms with Crippen LogP contribution < -0.4 is 9.47 Å². The molecule has 0 radical (unpaired) electrons. The topological polar surface area (TPSA) is 113 Å². The summed E-state index contributed by atoms with van der Waals surface area (Å²) in [5, 5.41) is 8.31. The van der Waals surface area contributed by atoms with Gasteiger partial charge in [-0.2, -0.15) is 0 Å². The summed E-state index contributed by atoms with van der Waals surface area (Å²) in [6.45, 7) is 0.489. The highest BCUT2D eigenvalue weighted by Crippen LogP contribution is 2.38. The smallest absolute Gasteiger partial charge is 0.341 e. The number of benzene rings is 1. The molecule has 1 aromatic rings. The first kappa shape index (κ1) is 24.1. The molecule has 2 heterocycles. The lowest BCUT2D eigenvalue weighted by molar-refractivity contribution is -0.139. The molecule has 11 heteroatoms. The number of nitrogens with zero attached hydrogens (tertiary/aromatic N) is 2. The van der Waals surface area contributed by atoms with E-state index in [9.17, 15) is 19.2 Å². The van der Waals surface area contributed by atoms with E-state index in [0.717, 1.165) is 42.3 Å². The van der Waals surface area contributed by atoms with E-state index in [2.05, 4.69) is 15.9 Å². The highest BCUT2D eigenvalue weighted by molar-refractivity contribution is 9.10. The van der Waals surface area contributed by atoms with Gasteiger partial charge in [0.05, 0.1) is 12.0 Å². The molecule has 32 heavy (non-hydrogen) atoms. The largest absolute Gasteiger partial charge is 0.493 e. The van der Waals surface area contributed by atoms with Crippen molar-refractivity contribution in [3.05, 3.63) is 27.1 Å². The molecule has 1 aromatic carbocycles. The second kappa shape index (κ2) is 10.9. The van der Waals surface area contributed by atoms with Gasteiger partial charge in [0, 0.05) is 17.6 Å². The zero-order chi connectivity index (χ0) is 23.3. The van der Waals surface area contributed by atoms with Crippen molar-refractivity contribution in [3.63, 3.8) is 0 Å². The van der Waals surface area contributed by atoms with Crippen LogP contribution in [0.5, 0.6) is 11.5 Å². The number of halogens is 1. The van der Waals surface area contributed by atoms with E-state index in [1.54, 1.807) is 11.0 Å². The highest BCUT2D eigenvalue weighted by atomic mass is 79.9. The summed E-state index contributed by atoms with van der Waals surface area (Å²) in [6.07, 6.45) is 5.53. The van der Waals surface area contributed by atoms with Crippen LogP contribution >= 0.6 is 27.7 Å². The molecule has 0 aromatic heterocycles. The summed E-state index contributed by atoms with van der Waals surface area (Å²) in [5.74, 6) is -1.39. The summed E-state index contributed by atoms with van der Waals surface area (Å²) in [6, 6.07) is 3.10. The van der Waals surface area contributed by atoms with Crippen LogP contribution in [-0.4, -0.2) is 71.3 Å². The van der Waals surface area contributed by atoms with Crippen LogP contribution in [0, 0.1) is 0 Å². The molecule has 2 saturated heterocycles. The Morgan fingerprint density at radius 1 is 1.16 bits per heavy atom. The van der Waals surface area contributed by atoms with Crippen molar-refractivity contribution in [2.24, 2.45) is 0 Å². The fourth-order valence-corrected chi connectivity index (χ4v) is 4.67. The zero-order valence-electron chi connectivity index (χ0n) is 17.5. The third kappa shape index (κ3) is 5.83. The molecule has 9 nitrogen and oxygen atoms in total. The minimum atomic E-state index is -1.13. The number of carbonyl (C=O) groups excluding carboxylic acids is 3. The number of hydrogen-bond donors (Lipinski definition) is 1. The maximum atomic E-state index is 12.8. The molecule has 0 spiro atoms. The molecule has 0 unspecified atom stereocenters. The van der Waals surface area contributed by atoms with Crippen LogP contribution in [-0.2, 0) is 14.4 Å². The Hall–Kier alpha value is -2.53. The van der Waals surface area contributed by atoms with Gasteiger partial charge in [0.15, 0.2) is 18.1 Å². The Bertz CT molecular complexity index is 958. The first-order valence-corrected chi connectivity index (χ1v) is 11.7. The number of ether oxygens (including phenoxy) is 2. The van der Waals surface area contributed by atoms with Gasteiger partial charge >= 0.3 is 5.97 Å². The molecule has 2 fully saturated rings. The fraction of sp³-hybridized carbons (Fsp3) is 0.429. The van der Waals surface area contributed by atoms with E-state index >= 15 is 0 Å². The van der Waals surface area contributed by atoms with Gasteiger partial charge in [-0.15, -0.1) is 0 Å². The van der Waals surface area contributed by atoms with E-state index < -0.39 is 23.7 Å². The number of thioether (sulfide) groups is 1. The number of amides is 3. The predicted molar refractivity (Wildman–Crippen MR) is 122 cm³/mol. The molecule has 3 rings (SSSR count). The Balaban J connectivity index is 1.76. The highest BCUT2D eigenvalue weighted by Gasteiger charge is 2.37. The van der Waals surface area contributed by atoms with Crippen molar-refractivity contribution in [1.82, 2.24) is 9.80 Å². The number of carboxylic acid groups (broad SMARTS) is 1. The summed E-state index contributed by atoms with van der Waals surface area (Å²) in [5.41, 5.74) is 0.536. The maximum Gasteiger partial charge on any atom is 0.341 e. The fourth-order valence-electron chi connectivity index (χ4n) is 3.41. The lowest BCUT2D eigenvalue weighted by atomic mass is 10.2. The molecule has 0 saturated carbocycles. The average Bonchev–Trinajstić information content (AvgIpc) is 2.96. The van der Waals surface area contributed by atoms with E-state index in [1.165, 1.54) is 19.3 Å². The molecule has 172 valence electrons. The summed E-state index contributed by atoms with van der Waals surface area (Å²) >= 11 is 4.13. The minimum absolute atomic E-state index is 0.181. The van der Waals surface area contributed by atoms with Gasteiger partial charge in [0.1, 0.15) is 6.54 Å². The molecule has 2 aliphatic heterocycles. The third-order valence-corrected chi connectivity index (χ3v) is 6.64. The maximum absolute atomic E-state index is 12.8. The lowest BCUT2D eigenvalue weighted by Gasteiger charge is -2.22. The van der Waals surface area contributed by atoms with Crippen LogP contribution in [0.4, 0.5) is 4.79 Å². The number of carboxylic acids is 1. The summed E-state index contributed by atoms with van der Waals surface area (Å²) in [4.78, 5) is 51.5. The number of hydrogen-bond acceptors (Lipinski definition) is 7. The quantitative estimate of drug-likeness (QED) is 0.538. The van der Waals surface area contributed by atoms with Gasteiger partial charge in [0.2, 0.25) is 5.91 Å². The van der Waals surface area contributed by atoms with Gasteiger partial charge in [-0.1, -0.05) is 28.8 Å². The second-order valence-electron chi connectivity index (χ2n) is 7.27. The Labute approximate surface area is 197 Å². The van der Waals surface area contributed by atoms with Gasteiger partial charge in [-0.05, 0) is 48.4 Å². The van der Waals surface area contributed by atoms with Crippen LogP contribution in [0.3, 0.4) is 0 Å².